The molecule has 1 saturated carbocycles. The minimum Gasteiger partial charge on any atom is -0.317 e. The van der Waals surface area contributed by atoms with Gasteiger partial charge in [-0.15, -0.1) is 0 Å². The van der Waals surface area contributed by atoms with E-state index in [1.54, 1.807) is 0 Å². The fourth-order valence-corrected chi connectivity index (χ4v) is 4.06. The fourth-order valence-electron chi connectivity index (χ4n) is 3.59. The molecular weight excluding hydrogens is 342 g/mol. The summed E-state index contributed by atoms with van der Waals surface area (Å²) in [5.41, 5.74) is 1.14. The van der Waals surface area contributed by atoms with E-state index in [9.17, 15) is 4.79 Å². The molecule has 4 rings (SSSR count). The maximum atomic E-state index is 12.5. The van der Waals surface area contributed by atoms with Crippen LogP contribution in [0.5, 0.6) is 0 Å². The van der Waals surface area contributed by atoms with Gasteiger partial charge in [0.25, 0.3) is 0 Å². The molecule has 0 bridgehead atoms. The molecule has 1 amide bonds. The Labute approximate surface area is 137 Å². The number of amides is 1. The van der Waals surface area contributed by atoms with Crippen LogP contribution in [0.4, 0.5) is 5.82 Å². The van der Waals surface area contributed by atoms with E-state index in [4.69, 9.17) is 0 Å². The van der Waals surface area contributed by atoms with Gasteiger partial charge in [0.05, 0.1) is 5.52 Å². The van der Waals surface area contributed by atoms with Gasteiger partial charge in [0.2, 0.25) is 5.91 Å². The van der Waals surface area contributed by atoms with Crippen LogP contribution in [0.2, 0.25) is 0 Å². The number of para-hydroxylation sites is 1. The van der Waals surface area contributed by atoms with Gasteiger partial charge in [-0.2, -0.15) is 0 Å². The Hall–Kier alpha value is -1.46. The van der Waals surface area contributed by atoms with E-state index in [1.165, 1.54) is 0 Å². The number of pyridine rings is 1. The summed E-state index contributed by atoms with van der Waals surface area (Å²) in [6, 6.07) is 9.84. The van der Waals surface area contributed by atoms with E-state index in [2.05, 4.69) is 31.5 Å². The topological polar surface area (TPSA) is 54.0 Å². The van der Waals surface area contributed by atoms with Crippen molar-refractivity contribution in [3.05, 3.63) is 34.8 Å². The SMILES string of the molecule is O=C(Nc1ccc2cccc(Br)c2n1)C1CC12CCNCC2. The van der Waals surface area contributed by atoms with E-state index in [-0.39, 0.29) is 17.2 Å². The number of hydrogen-bond donors (Lipinski definition) is 2. The minimum atomic E-state index is 0.126. The number of aromatic nitrogens is 1. The predicted octanol–water partition coefficient (Wildman–Crippen LogP) is 3.33. The zero-order chi connectivity index (χ0) is 15.2. The van der Waals surface area contributed by atoms with Gasteiger partial charge in [-0.3, -0.25) is 4.79 Å². The van der Waals surface area contributed by atoms with Crippen LogP contribution in [0.25, 0.3) is 10.9 Å². The molecule has 1 aliphatic carbocycles. The lowest BCUT2D eigenvalue weighted by Crippen LogP contribution is -2.31. The monoisotopic (exact) mass is 359 g/mol. The molecule has 1 atom stereocenters. The maximum Gasteiger partial charge on any atom is 0.229 e. The highest BCUT2D eigenvalue weighted by Gasteiger charge is 2.57. The standard InChI is InChI=1S/C17H18BrN3O/c18-13-3-1-2-11-4-5-14(20-15(11)13)21-16(22)12-10-17(12)6-8-19-9-7-17/h1-5,12,19H,6-10H2,(H,20,21,22). The molecule has 114 valence electrons. The van der Waals surface area contributed by atoms with Crippen LogP contribution in [0.3, 0.4) is 0 Å². The van der Waals surface area contributed by atoms with Crippen LogP contribution in [0.1, 0.15) is 19.3 Å². The van der Waals surface area contributed by atoms with Crippen molar-refractivity contribution < 1.29 is 4.79 Å². The van der Waals surface area contributed by atoms with Crippen molar-refractivity contribution in [1.29, 1.82) is 0 Å². The lowest BCUT2D eigenvalue weighted by Gasteiger charge is -2.23. The second-order valence-electron chi connectivity index (χ2n) is 6.37. The third-order valence-corrected chi connectivity index (χ3v) is 5.67. The van der Waals surface area contributed by atoms with Gasteiger partial charge >= 0.3 is 0 Å². The number of nitrogens with zero attached hydrogens (tertiary/aromatic N) is 1. The van der Waals surface area contributed by atoms with Gasteiger partial charge in [0.15, 0.2) is 0 Å². The smallest absolute Gasteiger partial charge is 0.229 e. The molecule has 2 aliphatic rings. The van der Waals surface area contributed by atoms with Crippen LogP contribution in [0, 0.1) is 11.3 Å². The molecule has 5 heteroatoms. The van der Waals surface area contributed by atoms with E-state index >= 15 is 0 Å². The molecule has 1 aliphatic heterocycles. The van der Waals surface area contributed by atoms with Gasteiger partial charge in [0, 0.05) is 15.8 Å². The Morgan fingerprint density at radius 2 is 2.09 bits per heavy atom. The van der Waals surface area contributed by atoms with Crippen LogP contribution < -0.4 is 10.6 Å². The van der Waals surface area contributed by atoms with E-state index in [1.807, 2.05) is 30.3 Å². The molecule has 22 heavy (non-hydrogen) atoms. The van der Waals surface area contributed by atoms with Crippen LogP contribution in [-0.2, 0) is 4.79 Å². The molecule has 2 aromatic rings. The number of rotatable bonds is 2. The zero-order valence-electron chi connectivity index (χ0n) is 12.2. The average Bonchev–Trinajstić information content (AvgIpc) is 3.22. The quantitative estimate of drug-likeness (QED) is 0.864. The Morgan fingerprint density at radius 3 is 2.91 bits per heavy atom. The second kappa shape index (κ2) is 5.32. The van der Waals surface area contributed by atoms with Gasteiger partial charge in [-0.25, -0.2) is 4.98 Å². The number of carbonyl (C=O) groups excluding carboxylic acids is 1. The first-order valence-corrected chi connectivity index (χ1v) is 8.54. The maximum absolute atomic E-state index is 12.5. The largest absolute Gasteiger partial charge is 0.317 e. The first-order chi connectivity index (χ1) is 10.7. The van der Waals surface area contributed by atoms with Gasteiger partial charge in [0.1, 0.15) is 5.82 Å². The molecular formula is C17H18BrN3O. The molecule has 4 nitrogen and oxygen atoms in total. The molecule has 2 heterocycles. The number of fused-ring (bicyclic) bond motifs is 1. The summed E-state index contributed by atoms with van der Waals surface area (Å²) in [5, 5.41) is 7.43. The van der Waals surface area contributed by atoms with Gasteiger partial charge < -0.3 is 10.6 Å². The Bertz CT molecular complexity index is 740. The van der Waals surface area contributed by atoms with E-state index in [0.29, 0.717) is 5.82 Å². The number of hydrogen-bond acceptors (Lipinski definition) is 3. The molecule has 2 fully saturated rings. The van der Waals surface area contributed by atoms with Crippen molar-refractivity contribution in [1.82, 2.24) is 10.3 Å². The van der Waals surface area contributed by atoms with Crippen molar-refractivity contribution in [3.8, 4) is 0 Å². The molecule has 0 radical (unpaired) electrons. The summed E-state index contributed by atoms with van der Waals surface area (Å²) in [6.45, 7) is 2.07. The van der Waals surface area contributed by atoms with Crippen molar-refractivity contribution >= 4 is 38.6 Å². The number of halogens is 1. The summed E-state index contributed by atoms with van der Waals surface area (Å²) in [4.78, 5) is 17.1. The summed E-state index contributed by atoms with van der Waals surface area (Å²) < 4.78 is 0.947. The third-order valence-electron chi connectivity index (χ3n) is 5.03. The zero-order valence-corrected chi connectivity index (χ0v) is 13.8. The number of benzene rings is 1. The van der Waals surface area contributed by atoms with Gasteiger partial charge in [-0.05, 0) is 71.9 Å². The summed E-state index contributed by atoms with van der Waals surface area (Å²) in [6.07, 6.45) is 3.25. The van der Waals surface area contributed by atoms with E-state index < -0.39 is 0 Å². The minimum absolute atomic E-state index is 0.126. The lowest BCUT2D eigenvalue weighted by molar-refractivity contribution is -0.118. The van der Waals surface area contributed by atoms with Crippen LogP contribution >= 0.6 is 15.9 Å². The normalized spacial score (nSPS) is 22.7. The lowest BCUT2D eigenvalue weighted by atomic mass is 9.92. The fraction of sp³-hybridized carbons (Fsp3) is 0.412. The molecule has 1 spiro atoms. The summed E-state index contributed by atoms with van der Waals surface area (Å²) >= 11 is 3.51. The predicted molar refractivity (Wildman–Crippen MR) is 90.7 cm³/mol. The van der Waals surface area contributed by atoms with Crippen LogP contribution in [0.15, 0.2) is 34.8 Å². The van der Waals surface area contributed by atoms with Crippen molar-refractivity contribution in [2.45, 2.75) is 19.3 Å². The number of nitrogens with one attached hydrogen (secondary N) is 2. The number of piperidine rings is 1. The Balaban J connectivity index is 1.52. The van der Waals surface area contributed by atoms with Crippen molar-refractivity contribution in [3.63, 3.8) is 0 Å². The third kappa shape index (κ3) is 2.42. The molecule has 1 aromatic heterocycles. The number of anilines is 1. The molecule has 2 N–H and O–H groups in total. The van der Waals surface area contributed by atoms with Crippen molar-refractivity contribution in [2.24, 2.45) is 11.3 Å². The highest BCUT2D eigenvalue weighted by Crippen LogP contribution is 2.58. The van der Waals surface area contributed by atoms with Gasteiger partial charge in [-0.1, -0.05) is 12.1 Å². The van der Waals surface area contributed by atoms with E-state index in [0.717, 1.165) is 47.7 Å². The second-order valence-corrected chi connectivity index (χ2v) is 7.22. The average molecular weight is 360 g/mol. The van der Waals surface area contributed by atoms with Crippen LogP contribution in [-0.4, -0.2) is 24.0 Å². The van der Waals surface area contributed by atoms with Crippen molar-refractivity contribution in [2.75, 3.05) is 18.4 Å². The number of carbonyl (C=O) groups is 1. The Kier molecular flexibility index (Phi) is 3.42. The first kappa shape index (κ1) is 14.2. The highest BCUT2D eigenvalue weighted by molar-refractivity contribution is 9.10. The summed E-state index contributed by atoms with van der Waals surface area (Å²) in [7, 11) is 0. The summed E-state index contributed by atoms with van der Waals surface area (Å²) in [5.74, 6) is 0.924. The molecule has 1 saturated heterocycles. The highest BCUT2D eigenvalue weighted by atomic mass is 79.9. The first-order valence-electron chi connectivity index (χ1n) is 7.75. The molecule has 1 aromatic carbocycles. The molecule has 1 unspecified atom stereocenters. The Morgan fingerprint density at radius 1 is 1.27 bits per heavy atom.